The Hall–Kier alpha value is -2.80. The molecule has 3 rings (SSSR count). The first-order valence-corrected chi connectivity index (χ1v) is 6.83. The highest BCUT2D eigenvalue weighted by atomic mass is 35.5. The zero-order chi connectivity index (χ0) is 15.5. The van der Waals surface area contributed by atoms with Crippen LogP contribution in [0, 0.1) is 6.92 Å². The number of benzene rings is 1. The number of aromatic nitrogens is 3. The van der Waals surface area contributed by atoms with Gasteiger partial charge in [-0.1, -0.05) is 16.8 Å². The van der Waals surface area contributed by atoms with Crippen LogP contribution in [0.3, 0.4) is 0 Å². The molecule has 112 valence electrons. The van der Waals surface area contributed by atoms with Crippen LogP contribution in [0.5, 0.6) is 0 Å². The minimum absolute atomic E-state index is 0.373. The second-order valence-electron chi connectivity index (χ2n) is 4.56. The lowest BCUT2D eigenvalue weighted by atomic mass is 10.3. The molecule has 0 aliphatic carbocycles. The first kappa shape index (κ1) is 14.2. The van der Waals surface area contributed by atoms with Gasteiger partial charge in [0.15, 0.2) is 17.5 Å². The lowest BCUT2D eigenvalue weighted by Gasteiger charge is -2.11. The fraction of sp³-hybridized carbons (Fsp3) is 0.0714. The number of hydrogen-bond acceptors (Lipinski definition) is 7. The molecule has 7 nitrogen and oxygen atoms in total. The van der Waals surface area contributed by atoms with Gasteiger partial charge in [0, 0.05) is 16.8 Å². The molecule has 0 spiro atoms. The summed E-state index contributed by atoms with van der Waals surface area (Å²) in [5.74, 6) is 2.15. The van der Waals surface area contributed by atoms with E-state index in [-0.39, 0.29) is 0 Å². The number of halogens is 1. The van der Waals surface area contributed by atoms with Crippen LogP contribution >= 0.6 is 11.6 Å². The van der Waals surface area contributed by atoms with E-state index in [0.717, 1.165) is 5.69 Å². The molecule has 0 aliphatic heterocycles. The van der Waals surface area contributed by atoms with Gasteiger partial charge in [-0.15, -0.1) is 0 Å². The van der Waals surface area contributed by atoms with Gasteiger partial charge in [-0.2, -0.15) is 0 Å². The average Bonchev–Trinajstić information content (AvgIpc) is 2.91. The summed E-state index contributed by atoms with van der Waals surface area (Å²) in [6, 6.07) is 8.96. The average molecular weight is 317 g/mol. The third-order valence-corrected chi connectivity index (χ3v) is 3.12. The van der Waals surface area contributed by atoms with Gasteiger partial charge in [-0.25, -0.2) is 9.97 Å². The lowest BCUT2D eigenvalue weighted by Crippen LogP contribution is -2.05. The maximum atomic E-state index is 6.08. The minimum Gasteiger partial charge on any atom is -0.393 e. The van der Waals surface area contributed by atoms with E-state index < -0.39 is 0 Å². The van der Waals surface area contributed by atoms with Crippen molar-refractivity contribution in [2.75, 3.05) is 16.4 Å². The number of aryl methyl sites for hydroxylation is 1. The highest BCUT2D eigenvalue weighted by Gasteiger charge is 2.10. The maximum absolute atomic E-state index is 6.08. The summed E-state index contributed by atoms with van der Waals surface area (Å²) in [6.07, 6.45) is 1.41. The summed E-state index contributed by atoms with van der Waals surface area (Å²) in [5.41, 5.74) is 7.27. The Labute approximate surface area is 131 Å². The molecule has 0 saturated heterocycles. The fourth-order valence-corrected chi connectivity index (χ4v) is 1.94. The lowest BCUT2D eigenvalue weighted by molar-refractivity contribution is 0.400. The third kappa shape index (κ3) is 3.09. The molecule has 1 aromatic carbocycles. The number of nitrogen functional groups attached to an aromatic ring is 1. The predicted molar refractivity (Wildman–Crippen MR) is 85.7 cm³/mol. The number of nitrogens with zero attached hydrogens (tertiary/aromatic N) is 3. The van der Waals surface area contributed by atoms with Gasteiger partial charge < -0.3 is 20.9 Å². The van der Waals surface area contributed by atoms with Crippen molar-refractivity contribution in [1.82, 2.24) is 15.1 Å². The fourth-order valence-electron chi connectivity index (χ4n) is 1.81. The molecule has 0 radical (unpaired) electrons. The van der Waals surface area contributed by atoms with Gasteiger partial charge in [0.05, 0.1) is 0 Å². The molecule has 0 fully saturated rings. The molecule has 4 N–H and O–H groups in total. The third-order valence-electron chi connectivity index (χ3n) is 2.87. The number of anilines is 5. The van der Waals surface area contributed by atoms with Crippen molar-refractivity contribution >= 4 is 40.4 Å². The van der Waals surface area contributed by atoms with E-state index in [1.165, 1.54) is 6.33 Å². The zero-order valence-electron chi connectivity index (χ0n) is 11.7. The highest BCUT2D eigenvalue weighted by molar-refractivity contribution is 6.30. The van der Waals surface area contributed by atoms with Gasteiger partial charge in [0.2, 0.25) is 0 Å². The largest absolute Gasteiger partial charge is 0.393 e. The van der Waals surface area contributed by atoms with Gasteiger partial charge in [0.25, 0.3) is 0 Å². The SMILES string of the molecule is Cc1cc(Nc2ncnc(Nc3ccc(Cl)cc3)c2N)no1. The van der Waals surface area contributed by atoms with Crippen molar-refractivity contribution in [3.05, 3.63) is 47.4 Å². The molecule has 0 bridgehead atoms. The molecule has 2 heterocycles. The highest BCUT2D eigenvalue weighted by Crippen LogP contribution is 2.28. The molecule has 2 aromatic heterocycles. The van der Waals surface area contributed by atoms with Gasteiger partial charge in [-0.3, -0.25) is 0 Å². The van der Waals surface area contributed by atoms with Crippen LogP contribution in [0.1, 0.15) is 5.76 Å². The molecule has 8 heteroatoms. The van der Waals surface area contributed by atoms with Crippen LogP contribution in [0.2, 0.25) is 5.02 Å². The standard InChI is InChI=1S/C14H13ClN6O/c1-8-6-11(21-22-8)20-14-12(16)13(17-7-18-14)19-10-4-2-9(15)3-5-10/h2-7H,16H2,1H3,(H2,17,18,19,20,21). The summed E-state index contributed by atoms with van der Waals surface area (Å²) in [4.78, 5) is 8.25. The van der Waals surface area contributed by atoms with Crippen LogP contribution in [0.25, 0.3) is 0 Å². The van der Waals surface area contributed by atoms with Crippen molar-refractivity contribution in [2.24, 2.45) is 0 Å². The molecule has 0 atom stereocenters. The number of rotatable bonds is 4. The minimum atomic E-state index is 0.373. The Morgan fingerprint density at radius 3 is 2.41 bits per heavy atom. The van der Waals surface area contributed by atoms with E-state index in [2.05, 4.69) is 25.8 Å². The molecule has 3 aromatic rings. The van der Waals surface area contributed by atoms with Crippen molar-refractivity contribution < 1.29 is 4.52 Å². The summed E-state index contributed by atoms with van der Waals surface area (Å²) in [5, 5.41) is 10.6. The Morgan fingerprint density at radius 2 is 1.77 bits per heavy atom. The summed E-state index contributed by atoms with van der Waals surface area (Å²) < 4.78 is 4.99. The second kappa shape index (κ2) is 5.90. The van der Waals surface area contributed by atoms with Crippen molar-refractivity contribution in [3.63, 3.8) is 0 Å². The topological polar surface area (TPSA) is 102 Å². The van der Waals surface area contributed by atoms with E-state index in [1.54, 1.807) is 25.1 Å². The van der Waals surface area contributed by atoms with E-state index >= 15 is 0 Å². The summed E-state index contributed by atoms with van der Waals surface area (Å²) >= 11 is 5.86. The van der Waals surface area contributed by atoms with E-state index in [4.69, 9.17) is 21.9 Å². The Bertz CT molecular complexity index is 786. The van der Waals surface area contributed by atoms with Crippen LogP contribution < -0.4 is 16.4 Å². The quantitative estimate of drug-likeness (QED) is 0.677. The first-order chi connectivity index (χ1) is 10.6. The van der Waals surface area contributed by atoms with Crippen molar-refractivity contribution in [3.8, 4) is 0 Å². The Balaban J connectivity index is 1.83. The van der Waals surface area contributed by atoms with Crippen LogP contribution in [-0.2, 0) is 0 Å². The number of hydrogen-bond donors (Lipinski definition) is 3. The first-order valence-electron chi connectivity index (χ1n) is 6.45. The Kier molecular flexibility index (Phi) is 3.80. The normalized spacial score (nSPS) is 10.5. The van der Waals surface area contributed by atoms with Crippen molar-refractivity contribution in [2.45, 2.75) is 6.92 Å². The van der Waals surface area contributed by atoms with E-state index in [1.807, 2.05) is 12.1 Å². The molecule has 0 saturated carbocycles. The van der Waals surface area contributed by atoms with Crippen LogP contribution in [0.4, 0.5) is 28.8 Å². The van der Waals surface area contributed by atoms with Crippen LogP contribution in [0.15, 0.2) is 41.2 Å². The number of nitrogens with two attached hydrogens (primary N) is 1. The van der Waals surface area contributed by atoms with Gasteiger partial charge in [-0.05, 0) is 31.2 Å². The zero-order valence-corrected chi connectivity index (χ0v) is 12.4. The molecule has 22 heavy (non-hydrogen) atoms. The molecule has 0 aliphatic rings. The monoisotopic (exact) mass is 316 g/mol. The Morgan fingerprint density at radius 1 is 1.09 bits per heavy atom. The number of nitrogens with one attached hydrogen (secondary N) is 2. The van der Waals surface area contributed by atoms with Gasteiger partial charge in [0.1, 0.15) is 17.8 Å². The maximum Gasteiger partial charge on any atom is 0.175 e. The van der Waals surface area contributed by atoms with Crippen molar-refractivity contribution in [1.29, 1.82) is 0 Å². The predicted octanol–water partition coefficient (Wildman–Crippen LogP) is 3.50. The molecule has 0 unspecified atom stereocenters. The molecule has 0 amide bonds. The van der Waals surface area contributed by atoms with E-state index in [9.17, 15) is 0 Å². The molecular formula is C14H13ClN6O. The van der Waals surface area contributed by atoms with Gasteiger partial charge >= 0.3 is 0 Å². The van der Waals surface area contributed by atoms with Crippen LogP contribution in [-0.4, -0.2) is 15.1 Å². The molecular weight excluding hydrogens is 304 g/mol. The second-order valence-corrected chi connectivity index (χ2v) is 5.00. The smallest absolute Gasteiger partial charge is 0.175 e. The summed E-state index contributed by atoms with van der Waals surface area (Å²) in [6.45, 7) is 1.80. The summed E-state index contributed by atoms with van der Waals surface area (Å²) in [7, 11) is 0. The van der Waals surface area contributed by atoms with E-state index in [0.29, 0.717) is 33.9 Å².